The fraction of sp³-hybridized carbons (Fsp3) is 0.633. The van der Waals surface area contributed by atoms with Gasteiger partial charge in [0.15, 0.2) is 0 Å². The van der Waals surface area contributed by atoms with Crippen LogP contribution in [0.25, 0.3) is 0 Å². The summed E-state index contributed by atoms with van der Waals surface area (Å²) in [5, 5.41) is 8.74. The molecule has 2 aliphatic heterocycles. The van der Waals surface area contributed by atoms with Gasteiger partial charge in [-0.05, 0) is 99.5 Å². The van der Waals surface area contributed by atoms with Crippen molar-refractivity contribution in [2.45, 2.75) is 95.7 Å². The maximum Gasteiger partial charge on any atom is 0.303 e. The topological polar surface area (TPSA) is 46.5 Å². The van der Waals surface area contributed by atoms with E-state index in [2.05, 4.69) is 66.4 Å². The predicted molar refractivity (Wildman–Crippen MR) is 144 cm³/mol. The highest BCUT2D eigenvalue weighted by Crippen LogP contribution is 2.47. The Labute approximate surface area is 211 Å². The zero-order valence-electron chi connectivity index (χ0n) is 20.8. The summed E-state index contributed by atoms with van der Waals surface area (Å²) in [6.07, 6.45) is 24.4. The van der Waals surface area contributed by atoms with Crippen LogP contribution in [0.4, 0.5) is 0 Å². The van der Waals surface area contributed by atoms with Crippen molar-refractivity contribution >= 4 is 17.7 Å². The van der Waals surface area contributed by atoms with E-state index in [1.165, 1.54) is 74.9 Å². The predicted octanol–water partition coefficient (Wildman–Crippen LogP) is 7.85. The number of benzene rings is 1. The fourth-order valence-corrected chi connectivity index (χ4v) is 6.40. The summed E-state index contributed by atoms with van der Waals surface area (Å²) in [7, 11) is 0. The van der Waals surface area contributed by atoms with Crippen molar-refractivity contribution in [1.29, 1.82) is 0 Å². The van der Waals surface area contributed by atoms with E-state index in [1.54, 1.807) is 0 Å². The maximum absolute atomic E-state index is 10.6. The van der Waals surface area contributed by atoms with E-state index in [9.17, 15) is 4.79 Å². The van der Waals surface area contributed by atoms with Gasteiger partial charge in [0, 0.05) is 6.42 Å². The van der Waals surface area contributed by atoms with Crippen molar-refractivity contribution in [3.8, 4) is 0 Å². The molecule has 0 spiro atoms. The van der Waals surface area contributed by atoms with Crippen molar-refractivity contribution in [2.75, 3.05) is 11.5 Å². The fourth-order valence-electron chi connectivity index (χ4n) is 5.48. The second-order valence-electron chi connectivity index (χ2n) is 9.86. The van der Waals surface area contributed by atoms with Crippen LogP contribution >= 0.6 is 11.8 Å². The highest BCUT2D eigenvalue weighted by atomic mass is 32.2. The van der Waals surface area contributed by atoms with Crippen LogP contribution in [-0.2, 0) is 16.0 Å². The number of carbonyl (C=O) groups is 1. The molecule has 188 valence electrons. The Balaban J connectivity index is 1.18. The molecular formula is C30H44O3S. The number of aryl methyl sites for hydroxylation is 1. The summed E-state index contributed by atoms with van der Waals surface area (Å²) >= 11 is 2.10. The molecule has 0 amide bonds. The molecule has 1 N–H and O–H groups in total. The number of hydrogen-bond donors (Lipinski definition) is 1. The van der Waals surface area contributed by atoms with Gasteiger partial charge in [0.2, 0.25) is 0 Å². The zero-order valence-corrected chi connectivity index (χ0v) is 21.6. The minimum absolute atomic E-state index is 0.271. The van der Waals surface area contributed by atoms with Crippen molar-refractivity contribution < 1.29 is 14.6 Å². The first-order valence-corrected chi connectivity index (χ1v) is 14.7. The molecule has 0 aromatic heterocycles. The highest BCUT2D eigenvalue weighted by molar-refractivity contribution is 7.99. The van der Waals surface area contributed by atoms with Crippen molar-refractivity contribution in [2.24, 2.45) is 11.8 Å². The lowest BCUT2D eigenvalue weighted by Gasteiger charge is -2.27. The average molecular weight is 485 g/mol. The van der Waals surface area contributed by atoms with Crippen LogP contribution in [-0.4, -0.2) is 34.8 Å². The molecule has 3 nitrogen and oxygen atoms in total. The lowest BCUT2D eigenvalue weighted by Crippen LogP contribution is -2.26. The number of thioether (sulfide) groups is 1. The van der Waals surface area contributed by atoms with Gasteiger partial charge in [-0.2, -0.15) is 11.8 Å². The Hall–Kier alpha value is -1.52. The van der Waals surface area contributed by atoms with Crippen molar-refractivity contribution in [3.63, 3.8) is 0 Å². The third-order valence-corrected chi connectivity index (χ3v) is 8.38. The first-order chi connectivity index (χ1) is 16.7. The molecular weight excluding hydrogens is 440 g/mol. The summed E-state index contributed by atoms with van der Waals surface area (Å²) in [5.41, 5.74) is 1.44. The van der Waals surface area contributed by atoms with Crippen molar-refractivity contribution in [1.82, 2.24) is 0 Å². The number of aliphatic carboxylic acids is 1. The van der Waals surface area contributed by atoms with Crippen LogP contribution < -0.4 is 0 Å². The summed E-state index contributed by atoms with van der Waals surface area (Å²) in [5.74, 6) is 3.22. The van der Waals surface area contributed by atoms with E-state index < -0.39 is 5.97 Å². The minimum Gasteiger partial charge on any atom is -0.481 e. The first kappa shape index (κ1) is 27.1. The smallest absolute Gasteiger partial charge is 0.303 e. The Kier molecular flexibility index (Phi) is 12.9. The molecule has 2 aliphatic rings. The monoisotopic (exact) mass is 484 g/mol. The first-order valence-electron chi connectivity index (χ1n) is 13.5. The normalized spacial score (nSPS) is 24.0. The van der Waals surface area contributed by atoms with Crippen LogP contribution in [0, 0.1) is 11.8 Å². The number of fused-ring (bicyclic) bond motifs is 2. The molecule has 4 heteroatoms. The number of carboxylic acids is 1. The van der Waals surface area contributed by atoms with E-state index in [0.717, 1.165) is 25.2 Å². The van der Waals surface area contributed by atoms with Crippen molar-refractivity contribution in [3.05, 3.63) is 60.2 Å². The van der Waals surface area contributed by atoms with Gasteiger partial charge in [-0.25, -0.2) is 0 Å². The van der Waals surface area contributed by atoms with Crippen LogP contribution in [0.1, 0.15) is 82.6 Å². The van der Waals surface area contributed by atoms with Crippen LogP contribution in [0.5, 0.6) is 0 Å². The lowest BCUT2D eigenvalue weighted by molar-refractivity contribution is -0.137. The number of allylic oxidation sites excluding steroid dienone is 4. The summed E-state index contributed by atoms with van der Waals surface area (Å²) in [4.78, 5) is 10.6. The van der Waals surface area contributed by atoms with Crippen LogP contribution in [0.2, 0.25) is 0 Å². The van der Waals surface area contributed by atoms with E-state index in [1.807, 2.05) is 0 Å². The highest BCUT2D eigenvalue weighted by Gasteiger charge is 2.47. The maximum atomic E-state index is 10.6. The second-order valence-corrected chi connectivity index (χ2v) is 11.1. The summed E-state index contributed by atoms with van der Waals surface area (Å²) in [6, 6.07) is 10.8. The molecule has 4 atom stereocenters. The molecule has 2 saturated heterocycles. The number of ether oxygens (including phenoxy) is 1. The van der Waals surface area contributed by atoms with Gasteiger partial charge in [-0.1, -0.05) is 61.1 Å². The molecule has 1 aromatic carbocycles. The van der Waals surface area contributed by atoms with Gasteiger partial charge in [0.1, 0.15) is 0 Å². The summed E-state index contributed by atoms with van der Waals surface area (Å²) in [6.45, 7) is 0. The Morgan fingerprint density at radius 3 is 2.44 bits per heavy atom. The molecule has 0 saturated carbocycles. The number of carboxylic acid groups (broad SMARTS) is 1. The molecule has 3 rings (SSSR count). The van der Waals surface area contributed by atoms with E-state index in [0.29, 0.717) is 18.1 Å². The van der Waals surface area contributed by atoms with E-state index in [4.69, 9.17) is 9.84 Å². The van der Waals surface area contributed by atoms with Gasteiger partial charge < -0.3 is 9.84 Å². The molecule has 1 aromatic rings. The van der Waals surface area contributed by atoms with Gasteiger partial charge in [-0.3, -0.25) is 4.79 Å². The van der Waals surface area contributed by atoms with Gasteiger partial charge >= 0.3 is 5.97 Å². The third-order valence-electron chi connectivity index (χ3n) is 7.28. The van der Waals surface area contributed by atoms with E-state index in [-0.39, 0.29) is 6.42 Å². The zero-order chi connectivity index (χ0) is 23.8. The molecule has 2 bridgehead atoms. The van der Waals surface area contributed by atoms with Crippen LogP contribution in [0.3, 0.4) is 0 Å². The number of rotatable bonds is 18. The third kappa shape index (κ3) is 10.00. The summed E-state index contributed by atoms with van der Waals surface area (Å²) < 4.78 is 6.26. The van der Waals surface area contributed by atoms with Crippen LogP contribution in [0.15, 0.2) is 54.6 Å². The number of unbranched alkanes of at least 4 members (excludes halogenated alkanes) is 3. The van der Waals surface area contributed by atoms with E-state index >= 15 is 0 Å². The average Bonchev–Trinajstić information content (AvgIpc) is 3.44. The Morgan fingerprint density at radius 2 is 1.62 bits per heavy atom. The van der Waals surface area contributed by atoms with Gasteiger partial charge in [0.25, 0.3) is 0 Å². The molecule has 0 aliphatic carbocycles. The SMILES string of the molecule is O=C(O)CCC/C=C\C[C@@H]1[C@H](CCCCSCCC=CCCCc2ccccc2)[C@@H]2CC[C@H]1O2. The molecule has 0 unspecified atom stereocenters. The molecule has 0 radical (unpaired) electrons. The van der Waals surface area contributed by atoms with Gasteiger partial charge in [0.05, 0.1) is 12.2 Å². The molecule has 34 heavy (non-hydrogen) atoms. The largest absolute Gasteiger partial charge is 0.481 e. The molecule has 2 fully saturated rings. The number of hydrogen-bond acceptors (Lipinski definition) is 3. The standard InChI is InChI=1S/C30H44O3S/c31-30(32)20-11-4-3-10-18-26-27(29-22-21-28(26)33-29)19-12-14-24-34-23-13-5-1-2-7-15-25-16-8-6-9-17-25/h1,3,5-6,8-10,16-17,26-29H,2,4,7,11-15,18-24H2,(H,31,32)/b5-1?,10-3-/t26-,27+,28-,29+/m1/s1. The Bertz CT molecular complexity index is 745. The lowest BCUT2D eigenvalue weighted by atomic mass is 9.75. The quantitative estimate of drug-likeness (QED) is 0.170. The minimum atomic E-state index is -0.695. The van der Waals surface area contributed by atoms with Gasteiger partial charge in [-0.15, -0.1) is 0 Å². The molecule has 2 heterocycles. The second kappa shape index (κ2) is 16.2. The Morgan fingerprint density at radius 1 is 0.882 bits per heavy atom.